The molecule has 0 aliphatic carbocycles. The Bertz CT molecular complexity index is 691. The molecule has 1 heterocycles. The SMILES string of the molecule is N#Cc1c(C(F)(F)F)cc(-c2ccccn2)cc1C(F)(F)F. The number of nitrogens with zero attached hydrogens (tertiary/aromatic N) is 2. The lowest BCUT2D eigenvalue weighted by molar-refractivity contribution is -0.143. The number of pyridine rings is 1. The Morgan fingerprint density at radius 2 is 1.45 bits per heavy atom. The summed E-state index contributed by atoms with van der Waals surface area (Å²) in [5.41, 5.74) is -5.13. The van der Waals surface area contributed by atoms with Gasteiger partial charge in [0.2, 0.25) is 0 Å². The first-order valence-corrected chi connectivity index (χ1v) is 5.78. The van der Waals surface area contributed by atoms with Crippen LogP contribution in [0.4, 0.5) is 26.3 Å². The number of rotatable bonds is 1. The molecule has 114 valence electrons. The summed E-state index contributed by atoms with van der Waals surface area (Å²) in [5, 5.41) is 8.72. The Balaban J connectivity index is 2.83. The van der Waals surface area contributed by atoms with E-state index in [0.717, 1.165) is 6.07 Å². The van der Waals surface area contributed by atoms with Gasteiger partial charge in [0.25, 0.3) is 0 Å². The molecular weight excluding hydrogens is 310 g/mol. The van der Waals surface area contributed by atoms with Crippen molar-refractivity contribution in [1.82, 2.24) is 4.98 Å². The average Bonchev–Trinajstić information content (AvgIpc) is 2.45. The maximum atomic E-state index is 13.0. The van der Waals surface area contributed by atoms with Crippen molar-refractivity contribution in [3.63, 3.8) is 0 Å². The van der Waals surface area contributed by atoms with E-state index in [2.05, 4.69) is 4.98 Å². The lowest BCUT2D eigenvalue weighted by Crippen LogP contribution is -2.15. The molecule has 0 saturated carbocycles. The van der Waals surface area contributed by atoms with Gasteiger partial charge in [0, 0.05) is 11.8 Å². The second-order valence-electron chi connectivity index (χ2n) is 4.27. The van der Waals surface area contributed by atoms with Gasteiger partial charge < -0.3 is 0 Å². The standard InChI is InChI=1S/C14H6F6N2/c15-13(16,17)10-5-8(12-3-1-2-4-22-12)6-11(9(10)7-21)14(18,19)20/h1-6H. The van der Waals surface area contributed by atoms with Crippen LogP contribution in [0, 0.1) is 11.3 Å². The fourth-order valence-corrected chi connectivity index (χ4v) is 1.89. The molecule has 0 saturated heterocycles. The monoisotopic (exact) mass is 316 g/mol. The van der Waals surface area contributed by atoms with E-state index in [0.29, 0.717) is 12.1 Å². The van der Waals surface area contributed by atoms with E-state index in [4.69, 9.17) is 5.26 Å². The molecule has 0 radical (unpaired) electrons. The molecule has 2 aromatic rings. The molecule has 1 aromatic heterocycles. The third-order valence-corrected chi connectivity index (χ3v) is 2.82. The number of halogens is 6. The van der Waals surface area contributed by atoms with Gasteiger partial charge in [-0.2, -0.15) is 31.6 Å². The normalized spacial score (nSPS) is 12.0. The van der Waals surface area contributed by atoms with Gasteiger partial charge in [-0.3, -0.25) is 4.98 Å². The summed E-state index contributed by atoms with van der Waals surface area (Å²) < 4.78 is 77.8. The molecule has 8 heteroatoms. The van der Waals surface area contributed by atoms with Crippen LogP contribution in [0.1, 0.15) is 16.7 Å². The van der Waals surface area contributed by atoms with Gasteiger partial charge in [-0.25, -0.2) is 0 Å². The lowest BCUT2D eigenvalue weighted by Gasteiger charge is -2.16. The van der Waals surface area contributed by atoms with E-state index >= 15 is 0 Å². The number of hydrogen-bond acceptors (Lipinski definition) is 2. The minimum atomic E-state index is -5.09. The highest BCUT2D eigenvalue weighted by Crippen LogP contribution is 2.41. The number of nitriles is 1. The maximum absolute atomic E-state index is 13.0. The van der Waals surface area contributed by atoms with Crippen LogP contribution in [0.25, 0.3) is 11.3 Å². The van der Waals surface area contributed by atoms with Crippen molar-refractivity contribution in [3.05, 3.63) is 53.2 Å². The van der Waals surface area contributed by atoms with Gasteiger partial charge in [0.05, 0.1) is 22.4 Å². The summed E-state index contributed by atoms with van der Waals surface area (Å²) >= 11 is 0. The number of benzene rings is 1. The van der Waals surface area contributed by atoms with Crippen molar-refractivity contribution in [2.75, 3.05) is 0 Å². The van der Waals surface area contributed by atoms with Crippen LogP contribution in [0.2, 0.25) is 0 Å². The first-order valence-electron chi connectivity index (χ1n) is 5.78. The lowest BCUT2D eigenvalue weighted by atomic mass is 9.96. The van der Waals surface area contributed by atoms with Crippen molar-refractivity contribution in [1.29, 1.82) is 5.26 Å². The molecular formula is C14H6F6N2. The zero-order valence-electron chi connectivity index (χ0n) is 10.6. The number of aromatic nitrogens is 1. The highest BCUT2D eigenvalue weighted by molar-refractivity contribution is 5.65. The van der Waals surface area contributed by atoms with E-state index in [9.17, 15) is 26.3 Å². The summed E-state index contributed by atoms with van der Waals surface area (Å²) in [4.78, 5) is 3.73. The first kappa shape index (κ1) is 15.8. The largest absolute Gasteiger partial charge is 0.417 e. The Morgan fingerprint density at radius 3 is 1.82 bits per heavy atom. The minimum absolute atomic E-state index is 0.0528. The van der Waals surface area contributed by atoms with E-state index in [1.165, 1.54) is 24.4 Å². The van der Waals surface area contributed by atoms with Crippen molar-refractivity contribution in [2.24, 2.45) is 0 Å². The van der Waals surface area contributed by atoms with Crippen molar-refractivity contribution in [2.45, 2.75) is 12.4 Å². The molecule has 0 atom stereocenters. The van der Waals surface area contributed by atoms with Crippen LogP contribution in [0.15, 0.2) is 36.5 Å². The molecule has 0 aliphatic heterocycles. The van der Waals surface area contributed by atoms with Crippen molar-refractivity contribution in [3.8, 4) is 17.3 Å². The predicted molar refractivity (Wildman–Crippen MR) is 64.4 cm³/mol. The topological polar surface area (TPSA) is 36.7 Å². The van der Waals surface area contributed by atoms with E-state index in [-0.39, 0.29) is 11.3 Å². The smallest absolute Gasteiger partial charge is 0.256 e. The summed E-state index contributed by atoms with van der Waals surface area (Å²) in [7, 11) is 0. The molecule has 2 nitrogen and oxygen atoms in total. The average molecular weight is 316 g/mol. The second-order valence-corrected chi connectivity index (χ2v) is 4.27. The molecule has 2 rings (SSSR count). The van der Waals surface area contributed by atoms with Gasteiger partial charge in [0.1, 0.15) is 6.07 Å². The van der Waals surface area contributed by atoms with Crippen LogP contribution in [0.3, 0.4) is 0 Å². The zero-order valence-corrected chi connectivity index (χ0v) is 10.6. The van der Waals surface area contributed by atoms with Crippen LogP contribution < -0.4 is 0 Å². The van der Waals surface area contributed by atoms with Gasteiger partial charge in [-0.1, -0.05) is 6.07 Å². The third kappa shape index (κ3) is 3.03. The second kappa shape index (κ2) is 5.33. The van der Waals surface area contributed by atoms with Gasteiger partial charge >= 0.3 is 12.4 Å². The molecule has 1 aromatic carbocycles. The third-order valence-electron chi connectivity index (χ3n) is 2.82. The maximum Gasteiger partial charge on any atom is 0.417 e. The Hall–Kier alpha value is -2.56. The Morgan fingerprint density at radius 1 is 0.909 bits per heavy atom. The van der Waals surface area contributed by atoms with Gasteiger partial charge in [-0.15, -0.1) is 0 Å². The first-order chi connectivity index (χ1) is 10.1. The van der Waals surface area contributed by atoms with Gasteiger partial charge in [0.15, 0.2) is 0 Å². The summed E-state index contributed by atoms with van der Waals surface area (Å²) in [5.74, 6) is 0. The zero-order chi connectivity index (χ0) is 16.5. The number of hydrogen-bond donors (Lipinski definition) is 0. The molecule has 0 amide bonds. The Kier molecular flexibility index (Phi) is 3.83. The molecule has 0 unspecified atom stereocenters. The quantitative estimate of drug-likeness (QED) is 0.718. The Labute approximate surface area is 120 Å². The van der Waals surface area contributed by atoms with Gasteiger partial charge in [-0.05, 0) is 24.3 Å². The van der Waals surface area contributed by atoms with Crippen molar-refractivity contribution >= 4 is 0 Å². The van der Waals surface area contributed by atoms with Crippen LogP contribution in [-0.4, -0.2) is 4.98 Å². The van der Waals surface area contributed by atoms with E-state index in [1.54, 1.807) is 0 Å². The molecule has 0 spiro atoms. The molecule has 0 N–H and O–H groups in total. The fourth-order valence-electron chi connectivity index (χ4n) is 1.89. The minimum Gasteiger partial charge on any atom is -0.256 e. The summed E-state index contributed by atoms with van der Waals surface area (Å²) in [6, 6.07) is 6.17. The molecule has 0 aliphatic rings. The summed E-state index contributed by atoms with van der Waals surface area (Å²) in [6.07, 6.45) is -8.93. The van der Waals surface area contributed by atoms with E-state index in [1.807, 2.05) is 0 Å². The molecule has 0 fully saturated rings. The highest BCUT2D eigenvalue weighted by Gasteiger charge is 2.41. The number of alkyl halides is 6. The van der Waals surface area contributed by atoms with Crippen LogP contribution in [-0.2, 0) is 12.4 Å². The predicted octanol–water partition coefficient (Wildman–Crippen LogP) is 4.66. The van der Waals surface area contributed by atoms with Crippen LogP contribution in [0.5, 0.6) is 0 Å². The van der Waals surface area contributed by atoms with Crippen LogP contribution >= 0.6 is 0 Å². The molecule has 0 bridgehead atoms. The summed E-state index contributed by atoms with van der Waals surface area (Å²) in [6.45, 7) is 0. The molecule has 22 heavy (non-hydrogen) atoms. The van der Waals surface area contributed by atoms with Crippen molar-refractivity contribution < 1.29 is 26.3 Å². The van der Waals surface area contributed by atoms with E-state index < -0.39 is 29.0 Å². The highest BCUT2D eigenvalue weighted by atomic mass is 19.4. The fraction of sp³-hybridized carbons (Fsp3) is 0.143.